The lowest BCUT2D eigenvalue weighted by molar-refractivity contribution is -0.0545. The molecule has 9 saturated carbocycles. The van der Waals surface area contributed by atoms with Crippen molar-refractivity contribution in [1.82, 2.24) is 0 Å². The Hall–Kier alpha value is 0. The molecule has 0 nitrogen and oxygen atoms in total. The number of hydrogen-bond donors (Lipinski definition) is 0. The highest BCUT2D eigenvalue weighted by Gasteiger charge is 2.50. The third-order valence-electron chi connectivity index (χ3n) is 12.7. The molecule has 6 bridgehead atoms. The predicted octanol–water partition coefficient (Wildman–Crippen LogP) is 15.7. The summed E-state index contributed by atoms with van der Waals surface area (Å²) >= 11 is 0. The van der Waals surface area contributed by atoms with E-state index in [2.05, 4.69) is 34.6 Å². The minimum Gasteiger partial charge on any atom is -0.0683 e. The molecule has 0 N–H and O–H groups in total. The lowest BCUT2D eigenvalue weighted by atomic mass is 9.49. The summed E-state index contributed by atoms with van der Waals surface area (Å²) in [6, 6.07) is 0. The van der Waals surface area contributed by atoms with Crippen LogP contribution in [0, 0.1) is 58.7 Å². The molecule has 0 amide bonds. The zero-order valence-corrected chi connectivity index (χ0v) is 33.0. The Balaban J connectivity index is 0.000000282. The van der Waals surface area contributed by atoms with Crippen LogP contribution in [0.3, 0.4) is 0 Å². The van der Waals surface area contributed by atoms with Crippen molar-refractivity contribution in [2.75, 3.05) is 0 Å². The van der Waals surface area contributed by atoms with Gasteiger partial charge in [-0.1, -0.05) is 153 Å². The van der Waals surface area contributed by atoms with Crippen LogP contribution >= 0.6 is 0 Å². The number of hydrogen-bond acceptors (Lipinski definition) is 0. The maximum Gasteiger partial charge on any atom is -0.0292 e. The van der Waals surface area contributed by atoms with Gasteiger partial charge in [-0.3, -0.25) is 0 Å². The molecule has 0 heterocycles. The molecule has 9 aliphatic carbocycles. The highest BCUT2D eigenvalue weighted by molar-refractivity contribution is 5.01. The second-order valence-electron chi connectivity index (χ2n) is 15.9. The van der Waals surface area contributed by atoms with Crippen LogP contribution < -0.4 is 0 Å². The van der Waals surface area contributed by atoms with E-state index < -0.39 is 0 Å². The first-order valence-corrected chi connectivity index (χ1v) is 21.5. The van der Waals surface area contributed by atoms with Crippen LogP contribution in [-0.2, 0) is 0 Å². The third-order valence-corrected chi connectivity index (χ3v) is 12.7. The van der Waals surface area contributed by atoms with Gasteiger partial charge >= 0.3 is 0 Å². The second kappa shape index (κ2) is 24.2. The normalized spacial score (nSPS) is 38.9. The zero-order chi connectivity index (χ0) is 33.0. The first kappa shape index (κ1) is 42.0. The molecule has 0 heteroatoms. The fourth-order valence-corrected chi connectivity index (χ4v) is 11.6. The SMILES string of the molecule is C1CC2C3CCC(C3)C2C1.C1CCC2CCCCC2C1.CC.CC.CC.CCC.CCC.CCC12CC3CC(CC(C3)C1)C2. The number of rotatable bonds is 1. The van der Waals surface area contributed by atoms with Gasteiger partial charge in [-0.05, 0) is 129 Å². The van der Waals surface area contributed by atoms with Crippen LogP contribution in [-0.4, -0.2) is 0 Å². The second-order valence-corrected chi connectivity index (χ2v) is 15.9. The van der Waals surface area contributed by atoms with E-state index >= 15 is 0 Å². The average molecular weight is 617 g/mol. The van der Waals surface area contributed by atoms with Gasteiger partial charge in [0.05, 0.1) is 0 Å². The average Bonchev–Trinajstić information content (AvgIpc) is 3.82. The van der Waals surface area contributed by atoms with Crippen LogP contribution in [0.2, 0.25) is 0 Å². The maximum atomic E-state index is 2.42. The van der Waals surface area contributed by atoms with E-state index in [1.807, 2.05) is 41.5 Å². The van der Waals surface area contributed by atoms with Gasteiger partial charge in [0.1, 0.15) is 0 Å². The van der Waals surface area contributed by atoms with Crippen molar-refractivity contribution < 1.29 is 0 Å². The van der Waals surface area contributed by atoms with Crippen molar-refractivity contribution in [1.29, 1.82) is 0 Å². The molecule has 0 saturated heterocycles. The molecule has 9 rings (SSSR count). The van der Waals surface area contributed by atoms with E-state index in [1.165, 1.54) is 68.6 Å². The Morgan fingerprint density at radius 3 is 1.00 bits per heavy atom. The summed E-state index contributed by atoms with van der Waals surface area (Å²) in [6.07, 6.45) is 35.4. The van der Waals surface area contributed by atoms with E-state index in [0.717, 1.165) is 35.0 Å². The van der Waals surface area contributed by atoms with Crippen molar-refractivity contribution in [3.8, 4) is 0 Å². The smallest absolute Gasteiger partial charge is 0.0292 e. The summed E-state index contributed by atoms with van der Waals surface area (Å²) in [5.74, 6) is 10.6. The van der Waals surface area contributed by atoms with Gasteiger partial charge < -0.3 is 0 Å². The summed E-state index contributed by atoms with van der Waals surface area (Å²) in [7, 11) is 0. The zero-order valence-electron chi connectivity index (χ0n) is 33.0. The molecule has 9 aliphatic rings. The van der Waals surface area contributed by atoms with Crippen LogP contribution in [0.1, 0.15) is 224 Å². The Morgan fingerprint density at radius 2 is 0.705 bits per heavy atom. The summed E-state index contributed by atoms with van der Waals surface area (Å²) in [4.78, 5) is 0. The Morgan fingerprint density at radius 1 is 0.386 bits per heavy atom. The molecule has 4 unspecified atom stereocenters. The Kier molecular flexibility index (Phi) is 23.1. The van der Waals surface area contributed by atoms with Crippen molar-refractivity contribution in [2.45, 2.75) is 224 Å². The highest BCUT2D eigenvalue weighted by atomic mass is 14.6. The van der Waals surface area contributed by atoms with Crippen molar-refractivity contribution in [3.63, 3.8) is 0 Å². The standard InChI is InChI=1S/C12H20.C10H16.C10H18.2C3H8.3C2H6/c1-2-12-6-9-3-10(7-12)5-11(4-9)8-12;1-2-9-7-4-5-8(6-7)10(9)3-1;1-2-6-10-8-4-3-7-9(10)5-1;2*1-3-2;3*1-2/h9-11H,2-8H2,1H3;7-10H,1-6H2;9-10H,1-8H2;2*3H2,1-2H3;3*1-2H3. The van der Waals surface area contributed by atoms with Crippen LogP contribution in [0.15, 0.2) is 0 Å². The summed E-state index contributed by atoms with van der Waals surface area (Å²) < 4.78 is 0. The van der Waals surface area contributed by atoms with Crippen LogP contribution in [0.25, 0.3) is 0 Å². The van der Waals surface area contributed by atoms with Gasteiger partial charge in [-0.2, -0.15) is 0 Å². The van der Waals surface area contributed by atoms with Crippen LogP contribution in [0.4, 0.5) is 0 Å². The molecule has 44 heavy (non-hydrogen) atoms. The van der Waals surface area contributed by atoms with Crippen molar-refractivity contribution in [3.05, 3.63) is 0 Å². The lowest BCUT2D eigenvalue weighted by Gasteiger charge is -2.56. The third kappa shape index (κ3) is 12.6. The molecule has 0 aromatic rings. The van der Waals surface area contributed by atoms with E-state index in [9.17, 15) is 0 Å². The summed E-state index contributed by atoms with van der Waals surface area (Å²) in [6.45, 7) is 22.9. The summed E-state index contributed by atoms with van der Waals surface area (Å²) in [5, 5.41) is 0. The van der Waals surface area contributed by atoms with Gasteiger partial charge in [0, 0.05) is 0 Å². The molecule has 0 aromatic carbocycles. The quantitative estimate of drug-likeness (QED) is 0.275. The molecule has 0 aliphatic heterocycles. The monoisotopic (exact) mass is 617 g/mol. The van der Waals surface area contributed by atoms with E-state index in [4.69, 9.17) is 0 Å². The summed E-state index contributed by atoms with van der Waals surface area (Å²) in [5.41, 5.74) is 0.842. The van der Waals surface area contributed by atoms with E-state index in [1.54, 1.807) is 103 Å². The van der Waals surface area contributed by atoms with Crippen molar-refractivity contribution >= 4 is 0 Å². The minimum atomic E-state index is 0.842. The Labute approximate surface area is 281 Å². The van der Waals surface area contributed by atoms with Gasteiger partial charge in [0.15, 0.2) is 0 Å². The fourth-order valence-electron chi connectivity index (χ4n) is 11.6. The number of fused-ring (bicyclic) bond motifs is 6. The molecule has 4 atom stereocenters. The van der Waals surface area contributed by atoms with Gasteiger partial charge in [-0.25, -0.2) is 0 Å². The van der Waals surface area contributed by atoms with Crippen molar-refractivity contribution in [2.24, 2.45) is 58.7 Å². The first-order chi connectivity index (χ1) is 21.5. The van der Waals surface area contributed by atoms with Crippen LogP contribution in [0.5, 0.6) is 0 Å². The maximum absolute atomic E-state index is 2.42. The topological polar surface area (TPSA) is 0 Å². The fraction of sp³-hybridized carbons (Fsp3) is 1.00. The van der Waals surface area contributed by atoms with Gasteiger partial charge in [0.2, 0.25) is 0 Å². The molecular weight excluding hydrogens is 528 g/mol. The lowest BCUT2D eigenvalue weighted by Crippen LogP contribution is -2.45. The predicted molar refractivity (Wildman–Crippen MR) is 202 cm³/mol. The highest BCUT2D eigenvalue weighted by Crippen LogP contribution is 2.61. The van der Waals surface area contributed by atoms with Gasteiger partial charge in [0.25, 0.3) is 0 Å². The molecular formula is C44H88. The van der Waals surface area contributed by atoms with E-state index in [0.29, 0.717) is 0 Å². The molecule has 9 fully saturated rings. The van der Waals surface area contributed by atoms with E-state index in [-0.39, 0.29) is 0 Å². The Bertz CT molecular complexity index is 567. The minimum absolute atomic E-state index is 0.842. The molecule has 0 spiro atoms. The molecule has 0 radical (unpaired) electrons. The largest absolute Gasteiger partial charge is 0.0683 e. The van der Waals surface area contributed by atoms with Gasteiger partial charge in [-0.15, -0.1) is 0 Å². The molecule has 264 valence electrons. The first-order valence-electron chi connectivity index (χ1n) is 21.5. The molecule has 0 aromatic heterocycles.